The monoisotopic (exact) mass is 1130 g/mol. The molecule has 0 bridgehead atoms. The van der Waals surface area contributed by atoms with Gasteiger partial charge in [-0.05, 0) is 59.1 Å². The van der Waals surface area contributed by atoms with Gasteiger partial charge in [-0.15, -0.1) is 26.3 Å². The van der Waals surface area contributed by atoms with Crippen molar-refractivity contribution in [3.05, 3.63) is 167 Å². The van der Waals surface area contributed by atoms with Crippen molar-refractivity contribution in [1.29, 1.82) is 0 Å². The molecule has 0 aliphatic heterocycles. The van der Waals surface area contributed by atoms with Gasteiger partial charge in [-0.25, -0.2) is 9.59 Å². The first kappa shape index (κ1) is 58.9. The molecular formula is C50H55ClF6N8O10Si2. The third kappa shape index (κ3) is 17.8. The summed E-state index contributed by atoms with van der Waals surface area (Å²) in [6, 6.07) is 29.9. The lowest BCUT2D eigenvalue weighted by Gasteiger charge is -2.15. The van der Waals surface area contributed by atoms with Gasteiger partial charge in [0.25, 0.3) is 11.1 Å². The van der Waals surface area contributed by atoms with Crippen LogP contribution in [0.15, 0.2) is 128 Å². The van der Waals surface area contributed by atoms with Crippen LogP contribution in [0.25, 0.3) is 22.3 Å². The van der Waals surface area contributed by atoms with Crippen molar-refractivity contribution < 1.29 is 55.1 Å². The maximum Gasteiger partial charge on any atom is 0.573 e. The molecule has 0 aliphatic rings. The minimum absolute atomic E-state index is 0.00641. The molecule has 77 heavy (non-hydrogen) atoms. The minimum atomic E-state index is -4.88. The van der Waals surface area contributed by atoms with Gasteiger partial charge in [0.1, 0.15) is 36.5 Å². The second kappa shape index (κ2) is 25.2. The highest BCUT2D eigenvalue weighted by Gasteiger charge is 2.32. The summed E-state index contributed by atoms with van der Waals surface area (Å²) < 4.78 is 103. The van der Waals surface area contributed by atoms with Crippen molar-refractivity contribution in [2.24, 2.45) is 0 Å². The van der Waals surface area contributed by atoms with E-state index in [1.165, 1.54) is 38.0 Å². The Hall–Kier alpha value is -7.40. The van der Waals surface area contributed by atoms with Crippen molar-refractivity contribution in [1.82, 2.24) is 38.2 Å². The third-order valence-electron chi connectivity index (χ3n) is 10.8. The zero-order chi connectivity index (χ0) is 56.3. The average molecular weight is 1130 g/mol. The van der Waals surface area contributed by atoms with E-state index in [-0.39, 0.29) is 65.1 Å². The summed E-state index contributed by atoms with van der Waals surface area (Å²) >= 11 is 6.28. The van der Waals surface area contributed by atoms with E-state index < -0.39 is 62.9 Å². The van der Waals surface area contributed by atoms with Crippen LogP contribution in [0.3, 0.4) is 0 Å². The van der Waals surface area contributed by atoms with E-state index in [4.69, 9.17) is 30.9 Å². The van der Waals surface area contributed by atoms with Crippen LogP contribution in [0, 0.1) is 0 Å². The van der Waals surface area contributed by atoms with E-state index in [0.717, 1.165) is 47.5 Å². The third-order valence-corrected chi connectivity index (χ3v) is 14.5. The second-order valence-corrected chi connectivity index (χ2v) is 31.1. The molecule has 0 atom stereocenters. The molecule has 0 aliphatic carbocycles. The van der Waals surface area contributed by atoms with Gasteiger partial charge in [-0.1, -0.05) is 112 Å². The van der Waals surface area contributed by atoms with E-state index in [2.05, 4.69) is 68.7 Å². The maximum atomic E-state index is 12.9. The van der Waals surface area contributed by atoms with Gasteiger partial charge in [-0.3, -0.25) is 33.3 Å². The van der Waals surface area contributed by atoms with E-state index in [0.29, 0.717) is 19.8 Å². The summed E-state index contributed by atoms with van der Waals surface area (Å²) in [5.74, 6) is -1.18. The Morgan fingerprint density at radius 3 is 1.45 bits per heavy atom. The number of ether oxygens (including phenoxy) is 5. The van der Waals surface area contributed by atoms with Crippen LogP contribution < -0.4 is 36.7 Å². The van der Waals surface area contributed by atoms with Crippen molar-refractivity contribution in [2.75, 3.05) is 13.2 Å². The highest BCUT2D eigenvalue weighted by atomic mass is 35.5. The molecule has 4 aromatic heterocycles. The number of nitrogens with one attached hydrogen (secondary N) is 2. The van der Waals surface area contributed by atoms with Gasteiger partial charge < -0.3 is 33.4 Å². The summed E-state index contributed by atoms with van der Waals surface area (Å²) in [6.45, 7) is 14.8. The lowest BCUT2D eigenvalue weighted by atomic mass is 10.2. The molecule has 4 heterocycles. The second-order valence-electron chi connectivity index (χ2n) is 19.5. The molecule has 8 rings (SSSR count). The first-order valence-electron chi connectivity index (χ1n) is 23.6. The van der Waals surface area contributed by atoms with Gasteiger partial charge >= 0.3 is 30.1 Å². The topological polar surface area (TPSA) is 212 Å². The van der Waals surface area contributed by atoms with Crippen LogP contribution in [0.1, 0.15) is 11.1 Å². The number of phenolic OH excluding ortho intramolecular Hbond substituents is 1. The molecule has 0 spiro atoms. The first-order valence-corrected chi connectivity index (χ1v) is 31.4. The first-order chi connectivity index (χ1) is 36.1. The number of alkyl halides is 6. The number of fused-ring (bicyclic) bond motifs is 2. The maximum absolute atomic E-state index is 12.9. The van der Waals surface area contributed by atoms with Gasteiger partial charge in [-0.2, -0.15) is 9.97 Å². The predicted octanol–water partition coefficient (Wildman–Crippen LogP) is 10.1. The number of aromatic nitrogens is 8. The zero-order valence-corrected chi connectivity index (χ0v) is 45.3. The van der Waals surface area contributed by atoms with Crippen molar-refractivity contribution >= 4 is 50.1 Å². The molecule has 412 valence electrons. The number of H-pyrrole nitrogens is 2. The lowest BCUT2D eigenvalue weighted by Crippen LogP contribution is -2.32. The van der Waals surface area contributed by atoms with Crippen LogP contribution in [-0.2, 0) is 36.0 Å². The predicted molar refractivity (Wildman–Crippen MR) is 282 cm³/mol. The fourth-order valence-electron chi connectivity index (χ4n) is 7.03. The summed E-state index contributed by atoms with van der Waals surface area (Å²) in [5, 5.41) is 8.92. The molecule has 8 aromatic rings. The van der Waals surface area contributed by atoms with E-state index in [1.807, 2.05) is 60.7 Å². The number of aromatic hydroxyl groups is 1. The van der Waals surface area contributed by atoms with Gasteiger partial charge in [0.2, 0.25) is 5.28 Å². The molecule has 0 saturated carbocycles. The fraction of sp³-hybridized carbons (Fsp3) is 0.320. The Kier molecular flexibility index (Phi) is 19.2. The molecule has 3 N–H and O–H groups in total. The van der Waals surface area contributed by atoms with Crippen LogP contribution in [0.4, 0.5) is 26.3 Å². The lowest BCUT2D eigenvalue weighted by molar-refractivity contribution is -0.275. The summed E-state index contributed by atoms with van der Waals surface area (Å²) in [6.07, 6.45) is -9.59. The number of benzene rings is 4. The Labute approximate surface area is 442 Å². The highest BCUT2D eigenvalue weighted by molar-refractivity contribution is 6.76. The van der Waals surface area contributed by atoms with Crippen molar-refractivity contribution in [3.63, 3.8) is 0 Å². The van der Waals surface area contributed by atoms with Crippen LogP contribution in [0.2, 0.25) is 56.7 Å². The highest BCUT2D eigenvalue weighted by Crippen LogP contribution is 2.31. The molecule has 0 amide bonds. The number of hydrogen-bond donors (Lipinski definition) is 3. The number of rotatable bonds is 18. The molecule has 18 nitrogen and oxygen atoms in total. The Morgan fingerprint density at radius 2 is 0.987 bits per heavy atom. The number of imidazole rings is 2. The van der Waals surface area contributed by atoms with Crippen molar-refractivity contribution in [3.8, 4) is 29.0 Å². The molecular weight excluding hydrogens is 1080 g/mol. The van der Waals surface area contributed by atoms with Crippen LogP contribution in [-0.4, -0.2) is 85.4 Å². The number of hydrogen-bond acceptors (Lipinski definition) is 12. The zero-order valence-electron chi connectivity index (χ0n) is 42.5. The normalized spacial score (nSPS) is 12.0. The molecule has 0 saturated heterocycles. The van der Waals surface area contributed by atoms with Gasteiger partial charge in [0, 0.05) is 41.5 Å². The van der Waals surface area contributed by atoms with Crippen molar-refractivity contribution in [2.45, 2.75) is 90.6 Å². The SMILES string of the molecule is C[Si](C)(C)CCOCn1c(=O)[nH]c(=O)c2c1nc(Cl)n2Cc1ccccc1.C[Si](C)(C)CCOCn1c(=O)[nH]c(=O)c2c1nc(Oc1cccc(OC(F)(F)F)c1)n2Cc1ccccc1.Oc1cccc(OC(F)(F)F)c1. The number of phenols is 1. The Bertz CT molecular complexity index is 3500. The van der Waals surface area contributed by atoms with Crippen LogP contribution in [0.5, 0.6) is 29.0 Å². The van der Waals surface area contributed by atoms with Gasteiger partial charge in [0.05, 0.1) is 13.1 Å². The van der Waals surface area contributed by atoms with E-state index >= 15 is 0 Å². The molecule has 0 fully saturated rings. The number of aromatic amines is 2. The number of halogens is 7. The Morgan fingerprint density at radius 1 is 0.558 bits per heavy atom. The largest absolute Gasteiger partial charge is 0.573 e. The minimum Gasteiger partial charge on any atom is -0.508 e. The van der Waals surface area contributed by atoms with Crippen LogP contribution >= 0.6 is 11.6 Å². The quantitative estimate of drug-likeness (QED) is 0.0317. The Balaban J connectivity index is 0.000000213. The summed E-state index contributed by atoms with van der Waals surface area (Å²) in [7, 11) is -2.60. The molecule has 4 aromatic carbocycles. The van der Waals surface area contributed by atoms with E-state index in [1.54, 1.807) is 4.57 Å². The molecule has 0 radical (unpaired) electrons. The van der Waals surface area contributed by atoms with E-state index in [9.17, 15) is 45.5 Å². The fourth-order valence-corrected chi connectivity index (χ4v) is 8.77. The summed E-state index contributed by atoms with van der Waals surface area (Å²) in [5.41, 5.74) is -0.0974. The molecule has 0 unspecified atom stereocenters. The average Bonchev–Trinajstić information content (AvgIpc) is 3.92. The number of nitrogens with zero attached hydrogens (tertiary/aromatic N) is 6. The van der Waals surface area contributed by atoms with Gasteiger partial charge in [0.15, 0.2) is 22.3 Å². The summed E-state index contributed by atoms with van der Waals surface area (Å²) in [4.78, 5) is 63.6. The molecule has 27 heteroatoms. The smallest absolute Gasteiger partial charge is 0.508 e. The standard InChI is InChI=1S/C25H27F3N4O5Si.C18H23ClN4O3Si.C7H5F3O2/c1-38(2,3)13-12-35-16-32-21-20(22(33)30-23(32)34)31(15-17-8-5-4-6-9-17)24(29-21)36-18-10-7-11-19(14-18)37-25(26,27)28;1-27(2,3)10-9-26-12-23-15-14(16(24)21-18(23)25)22(17(19)20-15)11-13-7-5-4-6-8-13;8-7(9,10)12-6-3-1-2-5(11)4-6/h4-11,14H,12-13,15-16H2,1-3H3,(H,30,33,34);4-8H,9-12H2,1-3H3,(H,21,24,25);1-4,11H.